The van der Waals surface area contributed by atoms with E-state index in [1.54, 1.807) is 14.2 Å². The normalized spacial score (nSPS) is 14.2. The molecule has 4 heteroatoms. The van der Waals surface area contributed by atoms with Gasteiger partial charge in [0.25, 0.3) is 0 Å². The molecule has 4 nitrogen and oxygen atoms in total. The maximum absolute atomic E-state index is 9.18. The number of hydrogen-bond acceptors (Lipinski definition) is 4. The minimum atomic E-state index is -0.634. The van der Waals surface area contributed by atoms with Gasteiger partial charge in [-0.1, -0.05) is 0 Å². The summed E-state index contributed by atoms with van der Waals surface area (Å²) in [6, 6.07) is 3.86. The van der Waals surface area contributed by atoms with E-state index >= 15 is 0 Å². The fourth-order valence-corrected chi connectivity index (χ4v) is 1.76. The summed E-state index contributed by atoms with van der Waals surface area (Å²) in [6.07, 6.45) is 0.566. The molecular formula is C13H21NO3. The molecule has 0 aliphatic heterocycles. The van der Waals surface area contributed by atoms with E-state index in [1.807, 2.05) is 26.0 Å². The Bertz CT molecular complexity index is 363. The molecule has 1 atom stereocenters. The molecule has 1 unspecified atom stereocenters. The van der Waals surface area contributed by atoms with Gasteiger partial charge in [-0.05, 0) is 38.0 Å². The first-order valence-corrected chi connectivity index (χ1v) is 5.55. The highest BCUT2D eigenvalue weighted by Crippen LogP contribution is 2.30. The van der Waals surface area contributed by atoms with E-state index in [9.17, 15) is 5.11 Å². The molecule has 0 aromatic heterocycles. The highest BCUT2D eigenvalue weighted by molar-refractivity contribution is 5.47. The first kappa shape index (κ1) is 13.8. The molecule has 17 heavy (non-hydrogen) atoms. The summed E-state index contributed by atoms with van der Waals surface area (Å²) in [4.78, 5) is 0. The molecule has 96 valence electrons. The van der Waals surface area contributed by atoms with Gasteiger partial charge in [0.15, 0.2) is 0 Å². The summed E-state index contributed by atoms with van der Waals surface area (Å²) in [5.74, 6) is 1.54. The SMILES string of the molecule is COc1cc(CC(C)(N)CO)cc(OC)c1C. The van der Waals surface area contributed by atoms with E-state index in [1.165, 1.54) is 0 Å². The van der Waals surface area contributed by atoms with E-state index in [2.05, 4.69) is 0 Å². The Balaban J connectivity index is 3.09. The van der Waals surface area contributed by atoms with Gasteiger partial charge < -0.3 is 20.3 Å². The standard InChI is InChI=1S/C13H21NO3/c1-9-11(16-3)5-10(6-12(9)17-4)7-13(2,14)8-15/h5-6,15H,7-8,14H2,1-4H3. The number of benzene rings is 1. The van der Waals surface area contributed by atoms with Crippen molar-refractivity contribution in [1.82, 2.24) is 0 Å². The number of methoxy groups -OCH3 is 2. The van der Waals surface area contributed by atoms with Crippen LogP contribution in [0.5, 0.6) is 11.5 Å². The van der Waals surface area contributed by atoms with Crippen molar-refractivity contribution in [2.45, 2.75) is 25.8 Å². The fourth-order valence-electron chi connectivity index (χ4n) is 1.76. The molecule has 0 bridgehead atoms. The van der Waals surface area contributed by atoms with E-state index in [0.29, 0.717) is 6.42 Å². The summed E-state index contributed by atoms with van der Waals surface area (Å²) in [5.41, 5.74) is 7.25. The Morgan fingerprint density at radius 3 is 2.06 bits per heavy atom. The van der Waals surface area contributed by atoms with Crippen molar-refractivity contribution in [3.05, 3.63) is 23.3 Å². The van der Waals surface area contributed by atoms with Crippen LogP contribution in [0.1, 0.15) is 18.1 Å². The Morgan fingerprint density at radius 2 is 1.71 bits per heavy atom. The van der Waals surface area contributed by atoms with Gasteiger partial charge in [0, 0.05) is 11.1 Å². The van der Waals surface area contributed by atoms with Crippen LogP contribution in [0.15, 0.2) is 12.1 Å². The second-order valence-corrected chi connectivity index (χ2v) is 4.61. The Morgan fingerprint density at radius 1 is 1.24 bits per heavy atom. The van der Waals surface area contributed by atoms with Crippen LogP contribution in [0.3, 0.4) is 0 Å². The van der Waals surface area contributed by atoms with Gasteiger partial charge in [-0.3, -0.25) is 0 Å². The number of nitrogens with two attached hydrogens (primary N) is 1. The lowest BCUT2D eigenvalue weighted by Crippen LogP contribution is -2.42. The molecule has 0 aliphatic carbocycles. The zero-order valence-corrected chi connectivity index (χ0v) is 10.9. The first-order valence-electron chi connectivity index (χ1n) is 5.55. The third-order valence-corrected chi connectivity index (χ3v) is 2.78. The fraction of sp³-hybridized carbons (Fsp3) is 0.538. The lowest BCUT2D eigenvalue weighted by molar-refractivity contribution is 0.208. The lowest BCUT2D eigenvalue weighted by Gasteiger charge is -2.22. The van der Waals surface area contributed by atoms with Gasteiger partial charge in [0.1, 0.15) is 11.5 Å². The topological polar surface area (TPSA) is 64.7 Å². The predicted octanol–water partition coefficient (Wildman–Crippen LogP) is 1.26. The average molecular weight is 239 g/mol. The third-order valence-electron chi connectivity index (χ3n) is 2.78. The molecule has 0 saturated carbocycles. The van der Waals surface area contributed by atoms with Gasteiger partial charge in [-0.25, -0.2) is 0 Å². The monoisotopic (exact) mass is 239 g/mol. The van der Waals surface area contributed by atoms with E-state index in [4.69, 9.17) is 15.2 Å². The molecule has 0 aliphatic rings. The zero-order chi connectivity index (χ0) is 13.1. The number of rotatable bonds is 5. The van der Waals surface area contributed by atoms with E-state index in [-0.39, 0.29) is 6.61 Å². The molecule has 1 rings (SSSR count). The van der Waals surface area contributed by atoms with Crippen LogP contribution >= 0.6 is 0 Å². The molecule has 3 N–H and O–H groups in total. The van der Waals surface area contributed by atoms with Gasteiger partial charge in [0.05, 0.1) is 20.8 Å². The van der Waals surface area contributed by atoms with Crippen molar-refractivity contribution in [3.63, 3.8) is 0 Å². The lowest BCUT2D eigenvalue weighted by atomic mass is 9.94. The number of ether oxygens (including phenoxy) is 2. The summed E-state index contributed by atoms with van der Waals surface area (Å²) in [6.45, 7) is 3.69. The van der Waals surface area contributed by atoms with Gasteiger partial charge >= 0.3 is 0 Å². The largest absolute Gasteiger partial charge is 0.496 e. The van der Waals surface area contributed by atoms with Crippen molar-refractivity contribution >= 4 is 0 Å². The van der Waals surface area contributed by atoms with Gasteiger partial charge in [-0.2, -0.15) is 0 Å². The summed E-state index contributed by atoms with van der Waals surface area (Å²) in [5, 5.41) is 9.18. The van der Waals surface area contributed by atoms with Crippen LogP contribution in [-0.4, -0.2) is 31.5 Å². The molecule has 0 heterocycles. The van der Waals surface area contributed by atoms with E-state index in [0.717, 1.165) is 22.6 Å². The highest BCUT2D eigenvalue weighted by atomic mass is 16.5. The van der Waals surface area contributed by atoms with Gasteiger partial charge in [0.2, 0.25) is 0 Å². The third kappa shape index (κ3) is 3.35. The van der Waals surface area contributed by atoms with Crippen molar-refractivity contribution in [2.75, 3.05) is 20.8 Å². The molecule has 1 aromatic rings. The predicted molar refractivity (Wildman–Crippen MR) is 67.7 cm³/mol. The maximum Gasteiger partial charge on any atom is 0.125 e. The molecule has 0 fully saturated rings. The molecule has 0 saturated heterocycles. The number of aliphatic hydroxyl groups is 1. The van der Waals surface area contributed by atoms with Crippen molar-refractivity contribution in [1.29, 1.82) is 0 Å². The minimum Gasteiger partial charge on any atom is -0.496 e. The second-order valence-electron chi connectivity index (χ2n) is 4.61. The summed E-state index contributed by atoms with van der Waals surface area (Å²) >= 11 is 0. The number of aliphatic hydroxyl groups excluding tert-OH is 1. The highest BCUT2D eigenvalue weighted by Gasteiger charge is 2.19. The average Bonchev–Trinajstić information content (AvgIpc) is 2.30. The Labute approximate surface area is 102 Å². The number of hydrogen-bond donors (Lipinski definition) is 2. The smallest absolute Gasteiger partial charge is 0.125 e. The van der Waals surface area contributed by atoms with Crippen molar-refractivity contribution in [3.8, 4) is 11.5 Å². The van der Waals surface area contributed by atoms with E-state index < -0.39 is 5.54 Å². The summed E-state index contributed by atoms with van der Waals surface area (Å²) < 4.78 is 10.6. The van der Waals surface area contributed by atoms with Crippen LogP contribution in [-0.2, 0) is 6.42 Å². The minimum absolute atomic E-state index is 0.0640. The molecule has 0 amide bonds. The molecule has 1 aromatic carbocycles. The molecule has 0 radical (unpaired) electrons. The Hall–Kier alpha value is -1.26. The quantitative estimate of drug-likeness (QED) is 0.812. The van der Waals surface area contributed by atoms with Crippen LogP contribution in [0, 0.1) is 6.92 Å². The first-order chi connectivity index (χ1) is 7.93. The molecule has 0 spiro atoms. The second kappa shape index (κ2) is 5.38. The Kier molecular flexibility index (Phi) is 4.37. The van der Waals surface area contributed by atoms with Crippen LogP contribution in [0.25, 0.3) is 0 Å². The van der Waals surface area contributed by atoms with Gasteiger partial charge in [-0.15, -0.1) is 0 Å². The van der Waals surface area contributed by atoms with Crippen LogP contribution in [0.4, 0.5) is 0 Å². The summed E-state index contributed by atoms with van der Waals surface area (Å²) in [7, 11) is 3.25. The van der Waals surface area contributed by atoms with Crippen LogP contribution < -0.4 is 15.2 Å². The van der Waals surface area contributed by atoms with Crippen LogP contribution in [0.2, 0.25) is 0 Å². The van der Waals surface area contributed by atoms with Crippen molar-refractivity contribution < 1.29 is 14.6 Å². The zero-order valence-electron chi connectivity index (χ0n) is 10.9. The molecular weight excluding hydrogens is 218 g/mol. The van der Waals surface area contributed by atoms with Crippen molar-refractivity contribution in [2.24, 2.45) is 5.73 Å². The maximum atomic E-state index is 9.18.